The summed E-state index contributed by atoms with van der Waals surface area (Å²) in [7, 11) is -3.53. The van der Waals surface area contributed by atoms with Gasteiger partial charge in [0.05, 0.1) is 11.9 Å². The van der Waals surface area contributed by atoms with Crippen LogP contribution in [-0.2, 0) is 14.8 Å². The van der Waals surface area contributed by atoms with Crippen LogP contribution < -0.4 is 14.4 Å². The third-order valence-corrected chi connectivity index (χ3v) is 5.51. The number of aryl methyl sites for hydroxylation is 2. The Morgan fingerprint density at radius 1 is 1.07 bits per heavy atom. The van der Waals surface area contributed by atoms with Crippen molar-refractivity contribution in [3.63, 3.8) is 0 Å². The summed E-state index contributed by atoms with van der Waals surface area (Å²) in [4.78, 5) is 12.1. The topological polar surface area (TPSA) is 75.7 Å². The van der Waals surface area contributed by atoms with Crippen molar-refractivity contribution in [3.8, 4) is 5.75 Å². The number of rotatable bonds is 8. The number of nitrogens with one attached hydrogen (secondary N) is 1. The van der Waals surface area contributed by atoms with Gasteiger partial charge in [-0.25, -0.2) is 8.42 Å². The molecule has 2 aromatic carbocycles. The predicted molar refractivity (Wildman–Crippen MR) is 109 cm³/mol. The number of benzene rings is 2. The number of nitrogens with zero attached hydrogens (tertiary/aromatic N) is 1. The van der Waals surface area contributed by atoms with Crippen molar-refractivity contribution >= 4 is 27.3 Å². The maximum Gasteiger partial charge on any atom is 0.573 e. The number of hydrogen-bond acceptors (Lipinski definition) is 4. The van der Waals surface area contributed by atoms with Gasteiger partial charge in [0.2, 0.25) is 15.9 Å². The van der Waals surface area contributed by atoms with Crippen LogP contribution in [0, 0.1) is 13.8 Å². The third kappa shape index (κ3) is 7.25. The Morgan fingerprint density at radius 3 is 2.23 bits per heavy atom. The molecule has 2 rings (SSSR count). The maximum atomic E-state index is 12.2. The molecule has 0 saturated heterocycles. The summed E-state index contributed by atoms with van der Waals surface area (Å²) < 4.78 is 65.8. The van der Waals surface area contributed by atoms with Crippen LogP contribution in [0.1, 0.15) is 24.0 Å². The van der Waals surface area contributed by atoms with Gasteiger partial charge in [-0.2, -0.15) is 0 Å². The van der Waals surface area contributed by atoms with E-state index in [4.69, 9.17) is 0 Å². The molecule has 10 heteroatoms. The Morgan fingerprint density at radius 2 is 1.70 bits per heavy atom. The molecule has 0 fully saturated rings. The van der Waals surface area contributed by atoms with E-state index < -0.39 is 22.1 Å². The molecule has 1 amide bonds. The standard InChI is InChI=1S/C20H23F3N2O4S/c1-14-6-9-17(13-15(14)2)25(30(3,27)28)12-4-5-19(26)24-16-7-10-18(11-8-16)29-20(21,22)23/h6-11,13H,4-5,12H2,1-3H3,(H,24,26). The number of amides is 1. The number of anilines is 2. The first kappa shape index (κ1) is 23.5. The lowest BCUT2D eigenvalue weighted by Crippen LogP contribution is -2.31. The zero-order valence-electron chi connectivity index (χ0n) is 16.8. The molecule has 0 bridgehead atoms. The predicted octanol–water partition coefficient (Wildman–Crippen LogP) is 4.39. The van der Waals surface area contributed by atoms with E-state index in [9.17, 15) is 26.4 Å². The number of carbonyl (C=O) groups is 1. The smallest absolute Gasteiger partial charge is 0.406 e. The fourth-order valence-corrected chi connectivity index (χ4v) is 3.67. The number of carbonyl (C=O) groups excluding carboxylic acids is 1. The minimum absolute atomic E-state index is 0.0394. The SMILES string of the molecule is Cc1ccc(N(CCCC(=O)Nc2ccc(OC(F)(F)F)cc2)S(C)(=O)=O)cc1C. The van der Waals surface area contributed by atoms with E-state index in [1.54, 1.807) is 12.1 Å². The highest BCUT2D eigenvalue weighted by Crippen LogP contribution is 2.24. The molecule has 0 atom stereocenters. The number of halogens is 3. The quantitative estimate of drug-likeness (QED) is 0.655. The van der Waals surface area contributed by atoms with Crippen LogP contribution in [0.15, 0.2) is 42.5 Å². The fourth-order valence-electron chi connectivity index (χ4n) is 2.71. The second-order valence-electron chi connectivity index (χ2n) is 6.83. The third-order valence-electron chi connectivity index (χ3n) is 4.32. The summed E-state index contributed by atoms with van der Waals surface area (Å²) in [6.07, 6.45) is -3.38. The van der Waals surface area contributed by atoms with E-state index >= 15 is 0 Å². The fraction of sp³-hybridized carbons (Fsp3) is 0.350. The van der Waals surface area contributed by atoms with Crippen LogP contribution in [0.25, 0.3) is 0 Å². The zero-order chi connectivity index (χ0) is 22.5. The lowest BCUT2D eigenvalue weighted by atomic mass is 10.1. The molecule has 0 unspecified atom stereocenters. The van der Waals surface area contributed by atoms with Gasteiger partial charge in [0, 0.05) is 18.7 Å². The van der Waals surface area contributed by atoms with Crippen LogP contribution in [0.2, 0.25) is 0 Å². The molecule has 0 aliphatic rings. The highest BCUT2D eigenvalue weighted by Gasteiger charge is 2.31. The molecule has 0 aliphatic heterocycles. The van der Waals surface area contributed by atoms with Gasteiger partial charge in [0.25, 0.3) is 0 Å². The zero-order valence-corrected chi connectivity index (χ0v) is 17.6. The highest BCUT2D eigenvalue weighted by molar-refractivity contribution is 7.92. The summed E-state index contributed by atoms with van der Waals surface area (Å²) in [6, 6.07) is 10.1. The van der Waals surface area contributed by atoms with Gasteiger partial charge in [-0.15, -0.1) is 13.2 Å². The Balaban J connectivity index is 1.93. The molecule has 0 spiro atoms. The minimum atomic E-state index is -4.79. The average molecular weight is 444 g/mol. The second kappa shape index (κ2) is 9.38. The Bertz CT molecular complexity index is 990. The summed E-state index contributed by atoms with van der Waals surface area (Å²) in [5, 5.41) is 2.56. The first-order chi connectivity index (χ1) is 13.8. The molecule has 6 nitrogen and oxygen atoms in total. The number of ether oxygens (including phenoxy) is 1. The van der Waals surface area contributed by atoms with Gasteiger partial charge in [0.1, 0.15) is 5.75 Å². The molecule has 2 aromatic rings. The molecule has 30 heavy (non-hydrogen) atoms. The normalized spacial score (nSPS) is 11.8. The lowest BCUT2D eigenvalue weighted by molar-refractivity contribution is -0.274. The van der Waals surface area contributed by atoms with Crippen molar-refractivity contribution < 1.29 is 31.1 Å². The van der Waals surface area contributed by atoms with Crippen molar-refractivity contribution in [2.75, 3.05) is 22.4 Å². The van der Waals surface area contributed by atoms with Crippen molar-refractivity contribution in [2.24, 2.45) is 0 Å². The van der Waals surface area contributed by atoms with E-state index in [-0.39, 0.29) is 25.3 Å². The highest BCUT2D eigenvalue weighted by atomic mass is 32.2. The lowest BCUT2D eigenvalue weighted by Gasteiger charge is -2.23. The Labute approximate surface area is 173 Å². The number of hydrogen-bond donors (Lipinski definition) is 1. The summed E-state index contributed by atoms with van der Waals surface area (Å²) in [5.74, 6) is -0.772. The maximum absolute atomic E-state index is 12.2. The van der Waals surface area contributed by atoms with Gasteiger partial charge < -0.3 is 10.1 Å². The van der Waals surface area contributed by atoms with Crippen molar-refractivity contribution in [1.82, 2.24) is 0 Å². The first-order valence-electron chi connectivity index (χ1n) is 9.06. The molecular weight excluding hydrogens is 421 g/mol. The Kier molecular flexibility index (Phi) is 7.35. The van der Waals surface area contributed by atoms with Gasteiger partial charge in [0.15, 0.2) is 0 Å². The molecule has 1 N–H and O–H groups in total. The summed E-state index contributed by atoms with van der Waals surface area (Å²) in [5.41, 5.74) is 2.83. The number of sulfonamides is 1. The molecular formula is C20H23F3N2O4S. The Hall–Kier alpha value is -2.75. The van der Waals surface area contributed by atoms with Gasteiger partial charge in [-0.05, 0) is 67.8 Å². The van der Waals surface area contributed by atoms with Crippen LogP contribution in [-0.4, -0.2) is 33.5 Å². The molecule has 0 aromatic heterocycles. The van der Waals surface area contributed by atoms with Crippen molar-refractivity contribution in [1.29, 1.82) is 0 Å². The van der Waals surface area contributed by atoms with E-state index in [2.05, 4.69) is 10.1 Å². The molecule has 0 heterocycles. The summed E-state index contributed by atoms with van der Waals surface area (Å²) in [6.45, 7) is 3.93. The largest absolute Gasteiger partial charge is 0.573 e. The van der Waals surface area contributed by atoms with E-state index in [0.29, 0.717) is 11.4 Å². The van der Waals surface area contributed by atoms with Gasteiger partial charge in [-0.3, -0.25) is 9.10 Å². The van der Waals surface area contributed by atoms with Gasteiger partial charge in [-0.1, -0.05) is 6.07 Å². The van der Waals surface area contributed by atoms with Gasteiger partial charge >= 0.3 is 6.36 Å². The minimum Gasteiger partial charge on any atom is -0.406 e. The van der Waals surface area contributed by atoms with E-state index in [1.807, 2.05) is 19.9 Å². The molecule has 164 valence electrons. The van der Waals surface area contributed by atoms with E-state index in [1.165, 1.54) is 16.4 Å². The molecule has 0 radical (unpaired) electrons. The van der Waals surface area contributed by atoms with Crippen molar-refractivity contribution in [3.05, 3.63) is 53.6 Å². The first-order valence-corrected chi connectivity index (χ1v) is 10.9. The summed E-state index contributed by atoms with van der Waals surface area (Å²) >= 11 is 0. The van der Waals surface area contributed by atoms with Crippen LogP contribution in [0.5, 0.6) is 5.75 Å². The average Bonchev–Trinajstić information content (AvgIpc) is 2.61. The van der Waals surface area contributed by atoms with Crippen LogP contribution in [0.3, 0.4) is 0 Å². The number of alkyl halides is 3. The molecule has 0 saturated carbocycles. The van der Waals surface area contributed by atoms with Crippen LogP contribution >= 0.6 is 0 Å². The second-order valence-corrected chi connectivity index (χ2v) is 8.73. The molecule has 0 aliphatic carbocycles. The van der Waals surface area contributed by atoms with Crippen molar-refractivity contribution in [2.45, 2.75) is 33.1 Å². The van der Waals surface area contributed by atoms with E-state index in [0.717, 1.165) is 29.5 Å². The monoisotopic (exact) mass is 444 g/mol. The van der Waals surface area contributed by atoms with Crippen LogP contribution in [0.4, 0.5) is 24.5 Å².